The highest BCUT2D eigenvalue weighted by molar-refractivity contribution is 6.32. The maximum absolute atomic E-state index is 12.0. The lowest BCUT2D eigenvalue weighted by atomic mass is 9.97. The molecule has 1 atom stereocenters. The molecular formula is C37H41ClN6O5. The number of anilines is 1. The number of aryl methyl sites for hydroxylation is 2. The van der Waals surface area contributed by atoms with Crippen LogP contribution in [0.25, 0.3) is 11.2 Å². The van der Waals surface area contributed by atoms with E-state index in [1.165, 1.54) is 23.5 Å². The largest absolute Gasteiger partial charge is 0.481 e. The second-order valence-electron chi connectivity index (χ2n) is 12.3. The molecular weight excluding hydrogens is 644 g/mol. The molecule has 0 fully saturated rings. The summed E-state index contributed by atoms with van der Waals surface area (Å²) < 4.78 is 4.04. The highest BCUT2D eigenvalue weighted by atomic mass is 35.5. The van der Waals surface area contributed by atoms with Crippen molar-refractivity contribution in [1.29, 1.82) is 0 Å². The number of rotatable bonds is 5. The van der Waals surface area contributed by atoms with Gasteiger partial charge in [0.25, 0.3) is 5.56 Å². The van der Waals surface area contributed by atoms with Gasteiger partial charge in [0.15, 0.2) is 11.2 Å². The molecule has 0 bridgehead atoms. The number of aromatic nitrogens is 4. The topological polar surface area (TPSA) is 132 Å². The van der Waals surface area contributed by atoms with Crippen LogP contribution in [0.3, 0.4) is 0 Å². The number of likely N-dealkylation sites (N-methyl/N-ethyl adjacent to an activating group) is 1. The molecule has 6 rings (SSSR count). The van der Waals surface area contributed by atoms with Gasteiger partial charge >= 0.3 is 11.7 Å². The Kier molecular flexibility index (Phi) is 11.7. The number of aliphatic carboxylic acids is 1. The Morgan fingerprint density at radius 3 is 2.16 bits per heavy atom. The molecule has 11 nitrogen and oxygen atoms in total. The summed E-state index contributed by atoms with van der Waals surface area (Å²) in [6.07, 6.45) is 2.56. The molecule has 0 spiro atoms. The Hall–Kier alpha value is -5.29. The number of hydrogen-bond donors (Lipinski definition) is 1. The SMILES string of the molecule is CC(C)Cc1ccc(C(C)C(=O)O)cc1.CN1C(=O)CN=C(c2ccccc2)c2cc(Cl)ccc21.Cn1c(=O)c2c(ncn2C)n(C)c1=O. The fraction of sp³-hybridized carbons (Fsp3) is 0.297. The van der Waals surface area contributed by atoms with Crippen LogP contribution in [-0.2, 0) is 37.2 Å². The number of benzodiazepines with no additional fused rings is 1. The van der Waals surface area contributed by atoms with Crippen molar-refractivity contribution in [3.8, 4) is 0 Å². The fourth-order valence-corrected chi connectivity index (χ4v) is 5.51. The summed E-state index contributed by atoms with van der Waals surface area (Å²) in [5.41, 5.74) is 5.83. The maximum Gasteiger partial charge on any atom is 0.332 e. The number of amides is 1. The number of carbonyl (C=O) groups is 2. The molecule has 12 heteroatoms. The van der Waals surface area contributed by atoms with E-state index in [-0.39, 0.29) is 23.7 Å². The van der Waals surface area contributed by atoms with Gasteiger partial charge in [-0.15, -0.1) is 0 Å². The molecule has 2 aromatic heterocycles. The summed E-state index contributed by atoms with van der Waals surface area (Å²) >= 11 is 6.11. The average Bonchev–Trinajstić information content (AvgIpc) is 3.43. The third-order valence-electron chi connectivity index (χ3n) is 8.18. The number of halogens is 1. The van der Waals surface area contributed by atoms with Crippen molar-refractivity contribution in [2.24, 2.45) is 32.1 Å². The summed E-state index contributed by atoms with van der Waals surface area (Å²) in [6, 6.07) is 23.2. The lowest BCUT2D eigenvalue weighted by Gasteiger charge is -2.18. The van der Waals surface area contributed by atoms with Gasteiger partial charge in [0.2, 0.25) is 5.91 Å². The van der Waals surface area contributed by atoms with Crippen LogP contribution in [0.15, 0.2) is 93.7 Å². The molecule has 1 N–H and O–H groups in total. The third kappa shape index (κ3) is 8.42. The number of benzene rings is 3. The number of hydrogen-bond acceptors (Lipinski definition) is 6. The molecule has 0 radical (unpaired) electrons. The molecule has 0 aliphatic carbocycles. The minimum absolute atomic E-state index is 0.0282. The molecule has 3 aromatic carbocycles. The second-order valence-corrected chi connectivity index (χ2v) is 12.7. The van der Waals surface area contributed by atoms with Crippen molar-refractivity contribution in [3.05, 3.63) is 127 Å². The number of nitrogens with zero attached hydrogens (tertiary/aromatic N) is 6. The summed E-state index contributed by atoms with van der Waals surface area (Å²) in [5.74, 6) is -0.586. The van der Waals surface area contributed by atoms with Crippen LogP contribution in [0.2, 0.25) is 5.02 Å². The molecule has 0 saturated carbocycles. The van der Waals surface area contributed by atoms with Gasteiger partial charge in [-0.3, -0.25) is 28.5 Å². The van der Waals surface area contributed by atoms with E-state index in [0.29, 0.717) is 22.1 Å². The van der Waals surface area contributed by atoms with E-state index in [0.717, 1.165) is 39.1 Å². The number of imidazole rings is 1. The van der Waals surface area contributed by atoms with E-state index in [4.69, 9.17) is 16.7 Å². The molecule has 1 aliphatic heterocycles. The van der Waals surface area contributed by atoms with Gasteiger partial charge in [0.05, 0.1) is 23.6 Å². The smallest absolute Gasteiger partial charge is 0.332 e. The van der Waals surface area contributed by atoms with Crippen LogP contribution in [0, 0.1) is 5.92 Å². The van der Waals surface area contributed by atoms with Crippen LogP contribution in [0.4, 0.5) is 5.69 Å². The van der Waals surface area contributed by atoms with Crippen molar-refractivity contribution in [2.75, 3.05) is 18.5 Å². The van der Waals surface area contributed by atoms with E-state index in [1.54, 1.807) is 43.6 Å². The lowest BCUT2D eigenvalue weighted by Crippen LogP contribution is -2.37. The number of fused-ring (bicyclic) bond motifs is 2. The molecule has 1 amide bonds. The Morgan fingerprint density at radius 2 is 1.55 bits per heavy atom. The fourth-order valence-electron chi connectivity index (χ4n) is 5.33. The van der Waals surface area contributed by atoms with E-state index in [1.807, 2.05) is 66.7 Å². The lowest BCUT2D eigenvalue weighted by molar-refractivity contribution is -0.138. The van der Waals surface area contributed by atoms with Crippen LogP contribution in [0.5, 0.6) is 0 Å². The zero-order valence-corrected chi connectivity index (χ0v) is 29.5. The van der Waals surface area contributed by atoms with Gasteiger partial charge in [-0.2, -0.15) is 0 Å². The maximum atomic E-state index is 12.0. The quantitative estimate of drug-likeness (QED) is 0.271. The Morgan fingerprint density at radius 1 is 0.898 bits per heavy atom. The highest BCUT2D eigenvalue weighted by Crippen LogP contribution is 2.28. The Bertz CT molecular complexity index is 2110. The first-order chi connectivity index (χ1) is 23.2. The third-order valence-corrected chi connectivity index (χ3v) is 8.41. The van der Waals surface area contributed by atoms with E-state index >= 15 is 0 Å². The van der Waals surface area contributed by atoms with E-state index < -0.39 is 11.9 Å². The van der Waals surface area contributed by atoms with Crippen molar-refractivity contribution in [1.82, 2.24) is 18.7 Å². The van der Waals surface area contributed by atoms with Crippen LogP contribution < -0.4 is 16.1 Å². The first kappa shape index (κ1) is 36.5. The first-order valence-electron chi connectivity index (χ1n) is 15.8. The van der Waals surface area contributed by atoms with Crippen LogP contribution in [0.1, 0.15) is 48.9 Å². The van der Waals surface area contributed by atoms with Gasteiger partial charge in [0.1, 0.15) is 6.54 Å². The van der Waals surface area contributed by atoms with Crippen molar-refractivity contribution >= 4 is 46.0 Å². The molecule has 49 heavy (non-hydrogen) atoms. The van der Waals surface area contributed by atoms with E-state index in [9.17, 15) is 19.2 Å². The van der Waals surface area contributed by atoms with Crippen LogP contribution in [-0.4, -0.2) is 55.0 Å². The predicted octanol–water partition coefficient (Wildman–Crippen LogP) is 5.20. The highest BCUT2D eigenvalue weighted by Gasteiger charge is 2.22. The van der Waals surface area contributed by atoms with Crippen molar-refractivity contribution in [2.45, 2.75) is 33.1 Å². The van der Waals surface area contributed by atoms with Gasteiger partial charge in [-0.25, -0.2) is 9.78 Å². The van der Waals surface area contributed by atoms with Crippen molar-refractivity contribution in [3.63, 3.8) is 0 Å². The molecule has 0 saturated heterocycles. The van der Waals surface area contributed by atoms with Gasteiger partial charge in [-0.05, 0) is 48.6 Å². The summed E-state index contributed by atoms with van der Waals surface area (Å²) in [6.45, 7) is 6.20. The minimum atomic E-state index is -0.772. The van der Waals surface area contributed by atoms with Gasteiger partial charge < -0.3 is 14.6 Å². The zero-order chi connectivity index (χ0) is 36.0. The Labute approximate surface area is 289 Å². The molecule has 3 heterocycles. The molecule has 1 unspecified atom stereocenters. The number of carboxylic acid groups (broad SMARTS) is 1. The summed E-state index contributed by atoms with van der Waals surface area (Å²) in [5, 5.41) is 9.48. The Balaban J connectivity index is 0.000000169. The summed E-state index contributed by atoms with van der Waals surface area (Å²) in [7, 11) is 6.54. The standard InChI is InChI=1S/C16H13ClN2O.C13H18O2.C8H10N4O2/c1-19-14-8-7-12(17)9-13(14)16(18-10-15(19)20)11-5-3-2-4-6-11;1-9(2)8-11-4-6-12(7-5-11)10(3)13(14)15;1-10-4-9-6-5(10)7(13)12(3)8(14)11(6)2/h2-9H,10H2,1H3;4-7,9-10H,8H2,1-3H3,(H,14,15);4H,1-3H3. The van der Waals surface area contributed by atoms with Crippen molar-refractivity contribution < 1.29 is 14.7 Å². The van der Waals surface area contributed by atoms with Gasteiger partial charge in [0, 0.05) is 44.3 Å². The number of carboxylic acids is 1. The van der Waals surface area contributed by atoms with E-state index in [2.05, 4.69) is 23.8 Å². The minimum Gasteiger partial charge on any atom is -0.481 e. The first-order valence-corrected chi connectivity index (χ1v) is 16.1. The number of carbonyl (C=O) groups excluding carboxylic acids is 1. The monoisotopic (exact) mass is 684 g/mol. The van der Waals surface area contributed by atoms with Crippen LogP contribution >= 0.6 is 11.6 Å². The molecule has 5 aromatic rings. The zero-order valence-electron chi connectivity index (χ0n) is 28.7. The molecule has 256 valence electrons. The second kappa shape index (κ2) is 15.7. The normalized spacial score (nSPS) is 13.0. The molecule has 1 aliphatic rings. The van der Waals surface area contributed by atoms with Gasteiger partial charge in [-0.1, -0.05) is 80.0 Å². The average molecular weight is 685 g/mol. The number of aliphatic imine (C=N–C) groups is 1. The summed E-state index contributed by atoms with van der Waals surface area (Å²) in [4.78, 5) is 56.0. The predicted molar refractivity (Wildman–Crippen MR) is 194 cm³/mol.